The SMILES string of the molecule is Cc1ccccc1C(C)(C)C/C=C\c1ccccc1O. The van der Waals surface area contributed by atoms with Crippen molar-refractivity contribution in [2.24, 2.45) is 0 Å². The normalized spacial score (nSPS) is 11.9. The maximum Gasteiger partial charge on any atom is 0.122 e. The van der Waals surface area contributed by atoms with Gasteiger partial charge in [-0.3, -0.25) is 0 Å². The second kappa shape index (κ2) is 5.96. The van der Waals surface area contributed by atoms with E-state index in [1.54, 1.807) is 6.07 Å². The summed E-state index contributed by atoms with van der Waals surface area (Å²) in [6, 6.07) is 15.9. The maximum atomic E-state index is 9.75. The third kappa shape index (κ3) is 3.30. The monoisotopic (exact) mass is 266 g/mol. The number of phenols is 1. The Bertz CT molecular complexity index is 609. The van der Waals surface area contributed by atoms with E-state index < -0.39 is 0 Å². The van der Waals surface area contributed by atoms with Crippen molar-refractivity contribution in [3.05, 3.63) is 71.3 Å². The smallest absolute Gasteiger partial charge is 0.122 e. The molecular formula is C19H22O. The van der Waals surface area contributed by atoms with Gasteiger partial charge in [-0.05, 0) is 36.0 Å². The maximum absolute atomic E-state index is 9.75. The number of hydrogen-bond donors (Lipinski definition) is 1. The van der Waals surface area contributed by atoms with Crippen LogP contribution in [0.4, 0.5) is 0 Å². The van der Waals surface area contributed by atoms with Gasteiger partial charge in [0.05, 0.1) is 0 Å². The minimum atomic E-state index is 0.0895. The summed E-state index contributed by atoms with van der Waals surface area (Å²) in [7, 11) is 0. The average Bonchev–Trinajstić information content (AvgIpc) is 2.41. The Kier molecular flexibility index (Phi) is 4.29. The highest BCUT2D eigenvalue weighted by Crippen LogP contribution is 2.30. The first-order chi connectivity index (χ1) is 9.50. The van der Waals surface area contributed by atoms with Gasteiger partial charge in [-0.25, -0.2) is 0 Å². The third-order valence-corrected chi connectivity index (χ3v) is 3.74. The van der Waals surface area contributed by atoms with Crippen molar-refractivity contribution in [1.29, 1.82) is 0 Å². The number of allylic oxidation sites excluding steroid dienone is 1. The Morgan fingerprint density at radius 3 is 2.35 bits per heavy atom. The van der Waals surface area contributed by atoms with E-state index in [1.165, 1.54) is 11.1 Å². The van der Waals surface area contributed by atoms with Crippen LogP contribution in [0.15, 0.2) is 54.6 Å². The van der Waals surface area contributed by atoms with Gasteiger partial charge in [-0.2, -0.15) is 0 Å². The topological polar surface area (TPSA) is 20.2 Å². The minimum Gasteiger partial charge on any atom is -0.507 e. The number of phenolic OH excluding ortho intramolecular Hbond substituents is 1. The van der Waals surface area contributed by atoms with Crippen molar-refractivity contribution in [2.75, 3.05) is 0 Å². The van der Waals surface area contributed by atoms with Gasteiger partial charge in [0, 0.05) is 5.56 Å². The van der Waals surface area contributed by atoms with Crippen molar-refractivity contribution < 1.29 is 5.11 Å². The number of rotatable bonds is 4. The number of para-hydroxylation sites is 1. The van der Waals surface area contributed by atoms with Crippen LogP contribution in [0.25, 0.3) is 6.08 Å². The van der Waals surface area contributed by atoms with Crippen LogP contribution >= 0.6 is 0 Å². The molecular weight excluding hydrogens is 244 g/mol. The van der Waals surface area contributed by atoms with Crippen LogP contribution in [-0.4, -0.2) is 5.11 Å². The minimum absolute atomic E-state index is 0.0895. The van der Waals surface area contributed by atoms with Crippen LogP contribution < -0.4 is 0 Å². The van der Waals surface area contributed by atoms with Crippen LogP contribution in [0.1, 0.15) is 37.0 Å². The highest BCUT2D eigenvalue weighted by molar-refractivity contribution is 5.56. The van der Waals surface area contributed by atoms with Gasteiger partial charge in [-0.1, -0.05) is 68.5 Å². The summed E-state index contributed by atoms with van der Waals surface area (Å²) < 4.78 is 0. The average molecular weight is 266 g/mol. The fraction of sp³-hybridized carbons (Fsp3) is 0.263. The van der Waals surface area contributed by atoms with Crippen LogP contribution in [-0.2, 0) is 5.41 Å². The summed E-state index contributed by atoms with van der Waals surface area (Å²) in [6.07, 6.45) is 5.07. The van der Waals surface area contributed by atoms with Crippen molar-refractivity contribution in [2.45, 2.75) is 32.6 Å². The second-order valence-electron chi connectivity index (χ2n) is 5.86. The summed E-state index contributed by atoms with van der Waals surface area (Å²) in [4.78, 5) is 0. The van der Waals surface area contributed by atoms with Crippen LogP contribution in [0.2, 0.25) is 0 Å². The van der Waals surface area contributed by atoms with Crippen molar-refractivity contribution in [3.8, 4) is 5.75 Å². The highest BCUT2D eigenvalue weighted by atomic mass is 16.3. The predicted molar refractivity (Wildman–Crippen MR) is 86.0 cm³/mol. The lowest BCUT2D eigenvalue weighted by atomic mass is 9.79. The molecule has 2 rings (SSSR count). The molecule has 0 aliphatic heterocycles. The molecule has 0 bridgehead atoms. The molecule has 2 aromatic carbocycles. The van der Waals surface area contributed by atoms with Crippen molar-refractivity contribution in [3.63, 3.8) is 0 Å². The molecule has 0 aromatic heterocycles. The highest BCUT2D eigenvalue weighted by Gasteiger charge is 2.20. The molecule has 0 atom stereocenters. The lowest BCUT2D eigenvalue weighted by Crippen LogP contribution is -2.17. The first-order valence-corrected chi connectivity index (χ1v) is 7.01. The van der Waals surface area contributed by atoms with Crippen LogP contribution in [0.5, 0.6) is 5.75 Å². The summed E-state index contributed by atoms with van der Waals surface area (Å²) in [5, 5.41) is 9.75. The lowest BCUT2D eigenvalue weighted by Gasteiger charge is -2.25. The first kappa shape index (κ1) is 14.4. The molecule has 104 valence electrons. The third-order valence-electron chi connectivity index (χ3n) is 3.74. The zero-order valence-electron chi connectivity index (χ0n) is 12.4. The standard InChI is InChI=1S/C19H22O/c1-15-9-4-6-12-17(15)19(2,3)14-8-11-16-10-5-7-13-18(16)20/h4-13,20H,14H2,1-3H3/b11-8-. The number of hydrogen-bond acceptors (Lipinski definition) is 1. The molecule has 20 heavy (non-hydrogen) atoms. The molecule has 0 radical (unpaired) electrons. The van der Waals surface area contributed by atoms with E-state index in [0.29, 0.717) is 5.75 Å². The fourth-order valence-electron chi connectivity index (χ4n) is 2.55. The van der Waals surface area contributed by atoms with Gasteiger partial charge < -0.3 is 5.11 Å². The fourth-order valence-corrected chi connectivity index (χ4v) is 2.55. The van der Waals surface area contributed by atoms with Gasteiger partial charge >= 0.3 is 0 Å². The zero-order valence-corrected chi connectivity index (χ0v) is 12.4. The number of benzene rings is 2. The quantitative estimate of drug-likeness (QED) is 0.818. The Morgan fingerprint density at radius 2 is 1.65 bits per heavy atom. The molecule has 0 saturated carbocycles. The van der Waals surface area contributed by atoms with Gasteiger partial charge in [0.2, 0.25) is 0 Å². The van der Waals surface area contributed by atoms with E-state index in [-0.39, 0.29) is 5.41 Å². The second-order valence-corrected chi connectivity index (χ2v) is 5.86. The van der Waals surface area contributed by atoms with Gasteiger partial charge in [0.25, 0.3) is 0 Å². The zero-order chi connectivity index (χ0) is 14.6. The van der Waals surface area contributed by atoms with Gasteiger partial charge in [0.1, 0.15) is 5.75 Å². The van der Waals surface area contributed by atoms with Gasteiger partial charge in [-0.15, -0.1) is 0 Å². The Morgan fingerprint density at radius 1 is 1.00 bits per heavy atom. The molecule has 1 nitrogen and oxygen atoms in total. The molecule has 1 N–H and O–H groups in total. The molecule has 0 fully saturated rings. The molecule has 0 spiro atoms. The molecule has 0 aliphatic carbocycles. The summed E-state index contributed by atoms with van der Waals surface area (Å²) >= 11 is 0. The molecule has 0 saturated heterocycles. The molecule has 1 heteroatoms. The summed E-state index contributed by atoms with van der Waals surface area (Å²) in [5.74, 6) is 0.331. The first-order valence-electron chi connectivity index (χ1n) is 7.01. The Labute approximate surface area is 121 Å². The van der Waals surface area contributed by atoms with Crippen LogP contribution in [0, 0.1) is 6.92 Å². The number of aromatic hydroxyl groups is 1. The lowest BCUT2D eigenvalue weighted by molar-refractivity contribution is 0.474. The van der Waals surface area contributed by atoms with Crippen LogP contribution in [0.3, 0.4) is 0 Å². The van der Waals surface area contributed by atoms with E-state index in [2.05, 4.69) is 51.1 Å². The molecule has 2 aromatic rings. The molecule has 0 amide bonds. The molecule has 0 heterocycles. The molecule has 0 unspecified atom stereocenters. The van der Waals surface area contributed by atoms with E-state index >= 15 is 0 Å². The van der Waals surface area contributed by atoms with E-state index in [0.717, 1.165) is 12.0 Å². The summed E-state index contributed by atoms with van der Waals surface area (Å²) in [6.45, 7) is 6.67. The van der Waals surface area contributed by atoms with E-state index in [9.17, 15) is 5.11 Å². The van der Waals surface area contributed by atoms with E-state index in [1.807, 2.05) is 24.3 Å². The Balaban J connectivity index is 2.14. The predicted octanol–water partition coefficient (Wildman–Crippen LogP) is 5.08. The van der Waals surface area contributed by atoms with Crippen molar-refractivity contribution in [1.82, 2.24) is 0 Å². The summed E-state index contributed by atoms with van der Waals surface area (Å²) in [5.41, 5.74) is 3.66. The Hall–Kier alpha value is -2.02. The van der Waals surface area contributed by atoms with E-state index in [4.69, 9.17) is 0 Å². The number of aryl methyl sites for hydroxylation is 1. The van der Waals surface area contributed by atoms with Gasteiger partial charge in [0.15, 0.2) is 0 Å². The molecule has 0 aliphatic rings. The largest absolute Gasteiger partial charge is 0.507 e. The van der Waals surface area contributed by atoms with Crippen molar-refractivity contribution >= 4 is 6.08 Å².